The van der Waals surface area contributed by atoms with Crippen LogP contribution in [0.1, 0.15) is 11.6 Å². The number of carbonyl (C=O) groups is 2. The normalized spacial score (nSPS) is 21.5. The number of imide groups is 1. The second-order valence-corrected chi connectivity index (χ2v) is 8.52. The van der Waals surface area contributed by atoms with E-state index >= 15 is 0 Å². The van der Waals surface area contributed by atoms with Crippen molar-refractivity contribution in [2.75, 3.05) is 9.96 Å². The SMILES string of the molecule is O=C1[C@@H]2[C@@H](ON(c3ccccc3)[C@H]2c2cccc3ccccc23)C(=O)N1c1cccc([N+](=O)[O-])c1. The largest absolute Gasteiger partial charge is 0.273 e. The zero-order valence-corrected chi connectivity index (χ0v) is 18.4. The highest BCUT2D eigenvalue weighted by Crippen LogP contribution is 2.49. The van der Waals surface area contributed by atoms with E-state index in [4.69, 9.17) is 4.84 Å². The average molecular weight is 465 g/mol. The van der Waals surface area contributed by atoms with E-state index in [1.165, 1.54) is 24.3 Å². The summed E-state index contributed by atoms with van der Waals surface area (Å²) in [5.41, 5.74) is 1.55. The maximum absolute atomic E-state index is 13.8. The third-order valence-electron chi connectivity index (χ3n) is 6.57. The highest BCUT2D eigenvalue weighted by atomic mass is 16.7. The number of nitro groups is 1. The molecule has 6 rings (SSSR count). The summed E-state index contributed by atoms with van der Waals surface area (Å²) in [6, 6.07) is 28.0. The first-order chi connectivity index (χ1) is 17.0. The van der Waals surface area contributed by atoms with Crippen LogP contribution in [0.25, 0.3) is 10.8 Å². The molecule has 0 unspecified atom stereocenters. The second-order valence-electron chi connectivity index (χ2n) is 8.52. The predicted octanol–water partition coefficient (Wildman–Crippen LogP) is 4.80. The Bertz CT molecular complexity index is 1480. The van der Waals surface area contributed by atoms with Crippen LogP contribution in [0, 0.1) is 16.0 Å². The van der Waals surface area contributed by atoms with Crippen molar-refractivity contribution in [3.8, 4) is 0 Å². The second kappa shape index (κ2) is 8.03. The fraction of sp³-hybridized carbons (Fsp3) is 0.111. The van der Waals surface area contributed by atoms with Gasteiger partial charge in [0, 0.05) is 12.1 Å². The van der Waals surface area contributed by atoms with Gasteiger partial charge in [0.25, 0.3) is 11.6 Å². The number of non-ortho nitro benzene ring substituents is 1. The molecular weight excluding hydrogens is 446 g/mol. The molecule has 2 saturated heterocycles. The molecule has 8 heteroatoms. The van der Waals surface area contributed by atoms with Crippen LogP contribution in [0.4, 0.5) is 17.1 Å². The van der Waals surface area contributed by atoms with Gasteiger partial charge in [-0.3, -0.25) is 24.5 Å². The number of amides is 2. The maximum atomic E-state index is 13.8. The van der Waals surface area contributed by atoms with Gasteiger partial charge >= 0.3 is 0 Å². The van der Waals surface area contributed by atoms with Crippen molar-refractivity contribution < 1.29 is 19.3 Å². The summed E-state index contributed by atoms with van der Waals surface area (Å²) in [7, 11) is 0. The monoisotopic (exact) mass is 465 g/mol. The molecule has 0 radical (unpaired) electrons. The predicted molar refractivity (Wildman–Crippen MR) is 130 cm³/mol. The Kier molecular flexibility index (Phi) is 4.82. The van der Waals surface area contributed by atoms with Gasteiger partial charge in [0.1, 0.15) is 5.92 Å². The number of hydrogen-bond donors (Lipinski definition) is 0. The smallest absolute Gasteiger partial charge is 0.271 e. The third-order valence-corrected chi connectivity index (χ3v) is 6.57. The van der Waals surface area contributed by atoms with E-state index in [9.17, 15) is 19.7 Å². The number of fused-ring (bicyclic) bond motifs is 2. The molecule has 2 heterocycles. The molecule has 4 aromatic rings. The lowest BCUT2D eigenvalue weighted by Gasteiger charge is -2.29. The Morgan fingerprint density at radius 1 is 0.771 bits per heavy atom. The van der Waals surface area contributed by atoms with Crippen LogP contribution < -0.4 is 9.96 Å². The molecule has 8 nitrogen and oxygen atoms in total. The molecule has 2 aliphatic heterocycles. The van der Waals surface area contributed by atoms with Gasteiger partial charge in [-0.05, 0) is 34.5 Å². The molecular formula is C27H19N3O5. The summed E-state index contributed by atoms with van der Waals surface area (Å²) in [5.74, 6) is -1.81. The first kappa shape index (κ1) is 21.0. The van der Waals surface area contributed by atoms with Crippen molar-refractivity contribution in [1.82, 2.24) is 0 Å². The quantitative estimate of drug-likeness (QED) is 0.244. The van der Waals surface area contributed by atoms with Crippen molar-refractivity contribution in [2.24, 2.45) is 5.92 Å². The number of benzene rings is 4. The van der Waals surface area contributed by atoms with Crippen LogP contribution in [-0.2, 0) is 14.4 Å². The van der Waals surface area contributed by atoms with Crippen molar-refractivity contribution in [3.05, 3.63) is 113 Å². The number of para-hydroxylation sites is 1. The number of nitrogens with zero attached hydrogens (tertiary/aromatic N) is 3. The Morgan fingerprint density at radius 2 is 1.46 bits per heavy atom. The Balaban J connectivity index is 1.49. The van der Waals surface area contributed by atoms with Gasteiger partial charge in [-0.15, -0.1) is 0 Å². The number of hydrogen-bond acceptors (Lipinski definition) is 6. The number of hydroxylamine groups is 1. The fourth-order valence-electron chi connectivity index (χ4n) is 5.04. The van der Waals surface area contributed by atoms with Gasteiger partial charge < -0.3 is 0 Å². The van der Waals surface area contributed by atoms with Crippen molar-refractivity contribution in [2.45, 2.75) is 12.1 Å². The molecule has 3 atom stereocenters. The van der Waals surface area contributed by atoms with Crippen molar-refractivity contribution in [1.29, 1.82) is 0 Å². The number of carbonyl (C=O) groups excluding carboxylic acids is 2. The Morgan fingerprint density at radius 3 is 2.26 bits per heavy atom. The van der Waals surface area contributed by atoms with Gasteiger partial charge in [0.2, 0.25) is 5.91 Å². The van der Waals surface area contributed by atoms with E-state index in [0.717, 1.165) is 26.9 Å². The molecule has 0 bridgehead atoms. The van der Waals surface area contributed by atoms with Gasteiger partial charge in [0.15, 0.2) is 6.10 Å². The molecule has 0 aliphatic carbocycles. The summed E-state index contributed by atoms with van der Waals surface area (Å²) < 4.78 is 0. The van der Waals surface area contributed by atoms with Gasteiger partial charge in [0.05, 0.1) is 22.3 Å². The minimum absolute atomic E-state index is 0.162. The van der Waals surface area contributed by atoms with Gasteiger partial charge in [-0.2, -0.15) is 0 Å². The average Bonchev–Trinajstić information content (AvgIpc) is 3.40. The van der Waals surface area contributed by atoms with Crippen molar-refractivity contribution in [3.63, 3.8) is 0 Å². The lowest BCUT2D eigenvalue weighted by molar-refractivity contribution is -0.384. The van der Waals surface area contributed by atoms with Crippen LogP contribution >= 0.6 is 0 Å². The zero-order chi connectivity index (χ0) is 24.1. The van der Waals surface area contributed by atoms with Crippen molar-refractivity contribution >= 4 is 39.6 Å². The lowest BCUT2D eigenvalue weighted by Crippen LogP contribution is -2.37. The molecule has 172 valence electrons. The Hall–Kier alpha value is -4.56. The molecule has 0 aromatic heterocycles. The molecule has 2 aliphatic rings. The summed E-state index contributed by atoms with van der Waals surface area (Å²) in [6.07, 6.45) is -1.05. The molecule has 0 spiro atoms. The minimum Gasteiger partial charge on any atom is -0.273 e. The van der Waals surface area contributed by atoms with E-state index in [-0.39, 0.29) is 11.4 Å². The maximum Gasteiger partial charge on any atom is 0.271 e. The summed E-state index contributed by atoms with van der Waals surface area (Å²) >= 11 is 0. The third kappa shape index (κ3) is 3.26. The van der Waals surface area contributed by atoms with Gasteiger partial charge in [-0.25, -0.2) is 9.96 Å². The van der Waals surface area contributed by atoms with Crippen LogP contribution in [0.5, 0.6) is 0 Å². The minimum atomic E-state index is -1.05. The molecule has 2 fully saturated rings. The van der Waals surface area contributed by atoms with Crippen LogP contribution in [0.15, 0.2) is 97.1 Å². The van der Waals surface area contributed by atoms with Crippen LogP contribution in [0.3, 0.4) is 0 Å². The standard InChI is InChI=1S/C27H19N3O5/c31-26-23-24(22-15-6-9-17-8-4-5-14-21(17)22)29(18-10-2-1-3-11-18)35-25(23)27(32)28(26)19-12-7-13-20(16-19)30(33)34/h1-16,23-25H/t23-,24-,25+/m0/s1. The van der Waals surface area contributed by atoms with E-state index in [2.05, 4.69) is 0 Å². The molecule has 0 N–H and O–H groups in total. The summed E-state index contributed by atoms with van der Waals surface area (Å²) in [5, 5.41) is 14.9. The number of nitro benzene ring substituents is 1. The summed E-state index contributed by atoms with van der Waals surface area (Å²) in [6.45, 7) is 0. The molecule has 0 saturated carbocycles. The summed E-state index contributed by atoms with van der Waals surface area (Å²) in [4.78, 5) is 45.2. The lowest BCUT2D eigenvalue weighted by atomic mass is 9.87. The fourth-order valence-corrected chi connectivity index (χ4v) is 5.04. The molecule has 4 aromatic carbocycles. The van der Waals surface area contributed by atoms with E-state index in [1.54, 1.807) is 5.06 Å². The van der Waals surface area contributed by atoms with E-state index in [1.807, 2.05) is 72.8 Å². The van der Waals surface area contributed by atoms with E-state index < -0.39 is 34.8 Å². The first-order valence-electron chi connectivity index (χ1n) is 11.2. The zero-order valence-electron chi connectivity index (χ0n) is 18.4. The number of anilines is 2. The molecule has 2 amide bonds. The van der Waals surface area contributed by atoms with Gasteiger partial charge in [-0.1, -0.05) is 66.7 Å². The first-order valence-corrected chi connectivity index (χ1v) is 11.2. The van der Waals surface area contributed by atoms with E-state index in [0.29, 0.717) is 0 Å². The highest BCUT2D eigenvalue weighted by molar-refractivity contribution is 6.24. The van der Waals surface area contributed by atoms with Crippen LogP contribution in [-0.4, -0.2) is 22.8 Å². The van der Waals surface area contributed by atoms with Crippen LogP contribution in [0.2, 0.25) is 0 Å². The highest BCUT2D eigenvalue weighted by Gasteiger charge is 2.60. The number of rotatable bonds is 4. The molecule has 35 heavy (non-hydrogen) atoms. The Labute approximate surface area is 200 Å². The topological polar surface area (TPSA) is 93.0 Å².